The van der Waals surface area contributed by atoms with Crippen molar-refractivity contribution in [3.63, 3.8) is 0 Å². The summed E-state index contributed by atoms with van der Waals surface area (Å²) >= 11 is -2.24. The fraction of sp³-hybridized carbons (Fsp3) is 0.256. The van der Waals surface area contributed by atoms with Gasteiger partial charge in [-0.3, -0.25) is 0 Å². The second-order valence-corrected chi connectivity index (χ2v) is 16.0. The molecule has 0 fully saturated rings. The summed E-state index contributed by atoms with van der Waals surface area (Å²) in [6.07, 6.45) is 9.24. The van der Waals surface area contributed by atoms with Crippen LogP contribution in [0.4, 0.5) is 0 Å². The molecule has 0 aromatic heterocycles. The Balaban J connectivity index is 0.00000202. The normalized spacial score (nSPS) is 12.7. The van der Waals surface area contributed by atoms with Crippen molar-refractivity contribution >= 4 is 7.68 Å². The van der Waals surface area contributed by atoms with Gasteiger partial charge in [0, 0.05) is 0 Å². The number of fused-ring (bicyclic) bond motifs is 3. The molecule has 3 heteroatoms. The van der Waals surface area contributed by atoms with Crippen LogP contribution in [-0.2, 0) is 23.8 Å². The Morgan fingerprint density at radius 3 is 1.81 bits per heavy atom. The topological polar surface area (TPSA) is 0 Å². The van der Waals surface area contributed by atoms with Crippen LogP contribution in [0.15, 0.2) is 101 Å². The zero-order valence-electron chi connectivity index (χ0n) is 25.6. The molecule has 214 valence electrons. The molecule has 6 rings (SSSR count). The molecular weight excluding hydrogens is 587 g/mol. The number of rotatable bonds is 6. The maximum atomic E-state index is 2.49. The summed E-state index contributed by atoms with van der Waals surface area (Å²) in [5.41, 5.74) is 14.4. The summed E-state index contributed by atoms with van der Waals surface area (Å²) < 4.78 is 4.94. The van der Waals surface area contributed by atoms with Crippen molar-refractivity contribution in [1.82, 2.24) is 0 Å². The first-order valence-corrected chi connectivity index (χ1v) is 17.2. The van der Waals surface area contributed by atoms with E-state index in [9.17, 15) is 0 Å². The molecule has 0 radical (unpaired) electrons. The largest absolute Gasteiger partial charge is 1.00 e. The molecule has 0 saturated heterocycles. The molecule has 2 aliphatic rings. The zero-order valence-corrected chi connectivity index (χ0v) is 28.6. The number of hydrogen-bond acceptors (Lipinski definition) is 0. The van der Waals surface area contributed by atoms with Gasteiger partial charge in [0.15, 0.2) is 0 Å². The Morgan fingerprint density at radius 2 is 1.29 bits per heavy atom. The quantitative estimate of drug-likeness (QED) is 0.253. The molecule has 0 spiro atoms. The van der Waals surface area contributed by atoms with E-state index >= 15 is 0 Å². The maximum Gasteiger partial charge on any atom is -1.00 e. The molecule has 0 bridgehead atoms. The molecule has 42 heavy (non-hydrogen) atoms. The zero-order chi connectivity index (χ0) is 28.0. The minimum atomic E-state index is -2.24. The SMILES string of the molecule is Cc1ccc([C](c2ccc(C)cc2)=[Ti+2]([C]2=CC=CC2)[c]2c(C(C)C)ccc3c2Cc2cc(C(C)C)ccc2-3)cc1.[Cl-].[Cl-]. The van der Waals surface area contributed by atoms with E-state index in [0.29, 0.717) is 11.8 Å². The third-order valence-electron chi connectivity index (χ3n) is 8.69. The number of allylic oxidation sites excluding steroid dienone is 4. The van der Waals surface area contributed by atoms with Crippen LogP contribution in [0.5, 0.6) is 0 Å². The van der Waals surface area contributed by atoms with Gasteiger partial charge in [-0.2, -0.15) is 0 Å². The molecule has 4 aromatic rings. The van der Waals surface area contributed by atoms with E-state index in [1.165, 1.54) is 44.5 Å². The molecule has 0 aliphatic heterocycles. The van der Waals surface area contributed by atoms with Crippen LogP contribution >= 0.6 is 0 Å². The Kier molecular flexibility index (Phi) is 10.4. The summed E-state index contributed by atoms with van der Waals surface area (Å²) in [4.78, 5) is 0. The number of aryl methyl sites for hydroxylation is 2. The van der Waals surface area contributed by atoms with Gasteiger partial charge in [-0.15, -0.1) is 0 Å². The van der Waals surface area contributed by atoms with Gasteiger partial charge in [0.25, 0.3) is 0 Å². The van der Waals surface area contributed by atoms with Crippen LogP contribution in [0.2, 0.25) is 0 Å². The predicted molar refractivity (Wildman–Crippen MR) is 170 cm³/mol. The van der Waals surface area contributed by atoms with E-state index in [2.05, 4.69) is 139 Å². The average molecular weight is 628 g/mol. The van der Waals surface area contributed by atoms with Crippen molar-refractivity contribution in [2.24, 2.45) is 0 Å². The fourth-order valence-electron chi connectivity index (χ4n) is 6.43. The van der Waals surface area contributed by atoms with Crippen molar-refractivity contribution in [3.05, 3.63) is 145 Å². The number of hydrogen-bond donors (Lipinski definition) is 0. The molecule has 2 aliphatic carbocycles. The van der Waals surface area contributed by atoms with Crippen molar-refractivity contribution in [2.45, 2.75) is 66.2 Å². The summed E-state index contributed by atoms with van der Waals surface area (Å²) in [6.45, 7) is 13.8. The van der Waals surface area contributed by atoms with Gasteiger partial charge in [-0.05, 0) is 0 Å². The van der Waals surface area contributed by atoms with Crippen LogP contribution < -0.4 is 28.7 Å². The van der Waals surface area contributed by atoms with Gasteiger partial charge < -0.3 is 24.8 Å². The minimum Gasteiger partial charge on any atom is -1.00 e. The van der Waals surface area contributed by atoms with Crippen LogP contribution in [0.3, 0.4) is 0 Å². The van der Waals surface area contributed by atoms with E-state index < -0.39 is 17.4 Å². The molecule has 0 atom stereocenters. The minimum absolute atomic E-state index is 0. The summed E-state index contributed by atoms with van der Waals surface area (Å²) in [6, 6.07) is 30.8. The average Bonchev–Trinajstić information content (AvgIpc) is 3.60. The third-order valence-corrected chi connectivity index (χ3v) is 13.7. The predicted octanol–water partition coefficient (Wildman–Crippen LogP) is 3.49. The molecule has 0 heterocycles. The smallest absolute Gasteiger partial charge is 1.00 e. The first-order valence-electron chi connectivity index (χ1n) is 14.9. The number of halogens is 2. The summed E-state index contributed by atoms with van der Waals surface area (Å²) in [5.74, 6) is 1.02. The monoisotopic (exact) mass is 626 g/mol. The second-order valence-electron chi connectivity index (χ2n) is 12.3. The van der Waals surface area contributed by atoms with Crippen LogP contribution in [0.25, 0.3) is 11.1 Å². The Morgan fingerprint density at radius 1 is 0.690 bits per heavy atom. The summed E-state index contributed by atoms with van der Waals surface area (Å²) in [5, 5.41) is 0. The van der Waals surface area contributed by atoms with Crippen molar-refractivity contribution in [3.8, 4) is 11.1 Å². The van der Waals surface area contributed by atoms with E-state index in [-0.39, 0.29) is 24.8 Å². The van der Waals surface area contributed by atoms with Crippen LogP contribution in [0.1, 0.15) is 90.5 Å². The van der Waals surface area contributed by atoms with Gasteiger partial charge in [0.05, 0.1) is 0 Å². The van der Waals surface area contributed by atoms with Gasteiger partial charge in [-0.25, -0.2) is 0 Å². The van der Waals surface area contributed by atoms with E-state index in [0.717, 1.165) is 12.8 Å². The standard InChI is InChI=1S/C19H21.C15H14.C5H5.2ClH.Ti/c1-12(2)14-5-7-18-16(9-14)11-17-10-15(13(3)4)6-8-19(17)18;1-12-3-7-14(8-4-12)11-15-9-5-13(2)6-10-15;1-2-4-5-3-1;;;/h5-9,12-13H,11H2,1-4H3;3-10H,1-2H3;1-3H,4H2;2*1H;/q;;;;;+2/p-2. The van der Waals surface area contributed by atoms with Crippen molar-refractivity contribution in [2.75, 3.05) is 0 Å². The molecule has 0 nitrogen and oxygen atoms in total. The molecule has 4 aromatic carbocycles. The molecule has 0 N–H and O–H groups in total. The van der Waals surface area contributed by atoms with Crippen molar-refractivity contribution in [1.29, 1.82) is 0 Å². The van der Waals surface area contributed by atoms with E-state index in [1.54, 1.807) is 22.7 Å². The fourth-order valence-corrected chi connectivity index (χ4v) is 12.0. The maximum absolute atomic E-state index is 2.49. The number of benzene rings is 4. The first kappa shape index (κ1) is 32.4. The molecule has 0 saturated carbocycles. The van der Waals surface area contributed by atoms with Gasteiger partial charge in [0.1, 0.15) is 0 Å². The van der Waals surface area contributed by atoms with E-state index in [1.807, 2.05) is 0 Å². The van der Waals surface area contributed by atoms with Crippen LogP contribution in [-0.4, -0.2) is 3.81 Å². The Bertz CT molecular complexity index is 1640. The molecule has 0 amide bonds. The van der Waals surface area contributed by atoms with Crippen LogP contribution in [0, 0.1) is 13.8 Å². The van der Waals surface area contributed by atoms with Gasteiger partial charge in [0.2, 0.25) is 0 Å². The Hall–Kier alpha value is -2.48. The first-order chi connectivity index (χ1) is 19.3. The Labute approximate surface area is 271 Å². The molecule has 0 unspecified atom stereocenters. The second kappa shape index (κ2) is 13.4. The van der Waals surface area contributed by atoms with E-state index in [4.69, 9.17) is 0 Å². The summed E-state index contributed by atoms with van der Waals surface area (Å²) in [7, 11) is 0. The molecular formula is C39H40Cl2Ti. The third kappa shape index (κ3) is 6.11. The van der Waals surface area contributed by atoms with Gasteiger partial charge in [-0.1, -0.05) is 0 Å². The van der Waals surface area contributed by atoms with Gasteiger partial charge >= 0.3 is 248 Å². The van der Waals surface area contributed by atoms with Crippen molar-refractivity contribution < 1.29 is 42.2 Å².